The molecular weight excluding hydrogens is 242 g/mol. The SMILES string of the molecule is CC(C)(CC(=O)NN)SSc1ccccn1. The minimum absolute atomic E-state index is 0.154. The summed E-state index contributed by atoms with van der Waals surface area (Å²) < 4.78 is -0.175. The van der Waals surface area contributed by atoms with Gasteiger partial charge in [-0.1, -0.05) is 16.9 Å². The second-order valence-corrected chi connectivity index (χ2v) is 6.70. The highest BCUT2D eigenvalue weighted by molar-refractivity contribution is 8.77. The maximum atomic E-state index is 11.2. The van der Waals surface area contributed by atoms with E-state index < -0.39 is 0 Å². The Morgan fingerprint density at radius 2 is 2.31 bits per heavy atom. The lowest BCUT2D eigenvalue weighted by molar-refractivity contribution is -0.121. The zero-order chi connectivity index (χ0) is 12.0. The third-order valence-corrected chi connectivity index (χ3v) is 4.94. The monoisotopic (exact) mass is 257 g/mol. The Labute approximate surface area is 103 Å². The third kappa shape index (κ3) is 4.87. The van der Waals surface area contributed by atoms with E-state index in [0.29, 0.717) is 6.42 Å². The Morgan fingerprint density at radius 1 is 1.56 bits per heavy atom. The van der Waals surface area contributed by atoms with Crippen LogP contribution in [-0.2, 0) is 4.79 Å². The normalized spacial score (nSPS) is 11.2. The van der Waals surface area contributed by atoms with Crippen molar-refractivity contribution in [1.29, 1.82) is 0 Å². The summed E-state index contributed by atoms with van der Waals surface area (Å²) >= 11 is 0. The van der Waals surface area contributed by atoms with Crippen molar-refractivity contribution in [3.05, 3.63) is 24.4 Å². The van der Waals surface area contributed by atoms with Gasteiger partial charge in [-0.05, 0) is 36.8 Å². The molecule has 0 bridgehead atoms. The van der Waals surface area contributed by atoms with Crippen LogP contribution in [0.5, 0.6) is 0 Å². The number of pyridine rings is 1. The van der Waals surface area contributed by atoms with Gasteiger partial charge in [0.1, 0.15) is 5.03 Å². The van der Waals surface area contributed by atoms with Gasteiger partial charge in [-0.15, -0.1) is 0 Å². The summed E-state index contributed by atoms with van der Waals surface area (Å²) in [6.07, 6.45) is 2.14. The number of aromatic nitrogens is 1. The number of nitrogens with two attached hydrogens (primary N) is 1. The molecule has 0 saturated heterocycles. The number of carbonyl (C=O) groups excluding carboxylic acids is 1. The van der Waals surface area contributed by atoms with E-state index in [2.05, 4.69) is 10.4 Å². The first-order chi connectivity index (χ1) is 7.53. The first-order valence-electron chi connectivity index (χ1n) is 4.80. The standard InChI is InChI=1S/C10H15N3OS2/c1-10(2,7-8(14)13-11)16-15-9-5-3-4-6-12-9/h3-6H,7,11H2,1-2H3,(H,13,14). The fraction of sp³-hybridized carbons (Fsp3) is 0.400. The molecule has 1 aromatic heterocycles. The number of nitrogens with one attached hydrogen (secondary N) is 1. The van der Waals surface area contributed by atoms with Crippen molar-refractivity contribution in [3.63, 3.8) is 0 Å². The molecule has 0 unspecified atom stereocenters. The van der Waals surface area contributed by atoms with Crippen molar-refractivity contribution in [1.82, 2.24) is 10.4 Å². The minimum Gasteiger partial charge on any atom is -0.294 e. The third-order valence-electron chi connectivity index (χ3n) is 1.74. The highest BCUT2D eigenvalue weighted by Crippen LogP contribution is 2.41. The predicted octanol–water partition coefficient (Wildman–Crippen LogP) is 1.98. The first kappa shape index (κ1) is 13.3. The van der Waals surface area contributed by atoms with Crippen LogP contribution in [-0.4, -0.2) is 15.6 Å². The molecule has 0 spiro atoms. The number of hydrazine groups is 1. The Morgan fingerprint density at radius 3 is 2.88 bits per heavy atom. The van der Waals surface area contributed by atoms with Crippen molar-refractivity contribution in [3.8, 4) is 0 Å². The van der Waals surface area contributed by atoms with E-state index in [0.717, 1.165) is 5.03 Å². The molecule has 0 saturated carbocycles. The van der Waals surface area contributed by atoms with Crippen LogP contribution in [0.25, 0.3) is 0 Å². The van der Waals surface area contributed by atoms with Crippen molar-refractivity contribution in [2.75, 3.05) is 0 Å². The summed E-state index contributed by atoms with van der Waals surface area (Å²) in [5, 5.41) is 0.939. The van der Waals surface area contributed by atoms with Gasteiger partial charge >= 0.3 is 0 Å². The van der Waals surface area contributed by atoms with Crippen molar-refractivity contribution in [2.45, 2.75) is 30.0 Å². The molecule has 1 aromatic rings. The second kappa shape index (κ2) is 6.12. The Bertz CT molecular complexity index is 343. The Hall–Kier alpha value is -0.720. The van der Waals surface area contributed by atoms with Gasteiger partial charge in [0.25, 0.3) is 0 Å². The summed E-state index contributed by atoms with van der Waals surface area (Å²) in [5.41, 5.74) is 2.14. The van der Waals surface area contributed by atoms with Crippen LogP contribution in [0.2, 0.25) is 0 Å². The summed E-state index contributed by atoms with van der Waals surface area (Å²) in [6.45, 7) is 4.01. The molecular formula is C10H15N3OS2. The van der Waals surface area contributed by atoms with E-state index in [1.807, 2.05) is 32.0 Å². The quantitative estimate of drug-likeness (QED) is 0.365. The molecule has 4 nitrogen and oxygen atoms in total. The molecule has 1 rings (SSSR count). The largest absolute Gasteiger partial charge is 0.294 e. The number of hydrogen-bond acceptors (Lipinski definition) is 5. The lowest BCUT2D eigenvalue weighted by Crippen LogP contribution is -2.34. The van der Waals surface area contributed by atoms with E-state index in [1.54, 1.807) is 27.8 Å². The van der Waals surface area contributed by atoms with E-state index >= 15 is 0 Å². The van der Waals surface area contributed by atoms with E-state index in [4.69, 9.17) is 5.84 Å². The van der Waals surface area contributed by atoms with E-state index in [-0.39, 0.29) is 10.7 Å². The van der Waals surface area contributed by atoms with Gasteiger partial charge in [0, 0.05) is 17.4 Å². The average molecular weight is 257 g/mol. The van der Waals surface area contributed by atoms with Gasteiger partial charge < -0.3 is 0 Å². The topological polar surface area (TPSA) is 68.0 Å². The second-order valence-electron chi connectivity index (χ2n) is 3.84. The lowest BCUT2D eigenvalue weighted by Gasteiger charge is -2.21. The van der Waals surface area contributed by atoms with Crippen LogP contribution in [0.3, 0.4) is 0 Å². The Balaban J connectivity index is 2.44. The molecule has 0 aliphatic heterocycles. The number of hydrogen-bond donors (Lipinski definition) is 2. The van der Waals surface area contributed by atoms with Crippen LogP contribution < -0.4 is 11.3 Å². The van der Waals surface area contributed by atoms with Gasteiger partial charge in [0.2, 0.25) is 5.91 Å². The van der Waals surface area contributed by atoms with Gasteiger partial charge in [-0.25, -0.2) is 10.8 Å². The fourth-order valence-electron chi connectivity index (χ4n) is 1.02. The maximum absolute atomic E-state index is 11.2. The van der Waals surface area contributed by atoms with Gasteiger partial charge in [0.15, 0.2) is 0 Å². The highest BCUT2D eigenvalue weighted by atomic mass is 33.1. The Kier molecular flexibility index (Phi) is 5.11. The molecule has 0 fully saturated rings. The molecule has 0 aliphatic rings. The molecule has 88 valence electrons. The fourth-order valence-corrected chi connectivity index (χ4v) is 3.16. The number of rotatable bonds is 5. The number of amides is 1. The van der Waals surface area contributed by atoms with E-state index in [1.165, 1.54) is 0 Å². The van der Waals surface area contributed by atoms with Crippen molar-refractivity contribution < 1.29 is 4.79 Å². The van der Waals surface area contributed by atoms with Crippen LogP contribution in [0, 0.1) is 0 Å². The van der Waals surface area contributed by atoms with Gasteiger partial charge in [-0.2, -0.15) is 0 Å². The van der Waals surface area contributed by atoms with E-state index in [9.17, 15) is 4.79 Å². The number of nitrogens with zero attached hydrogens (tertiary/aromatic N) is 1. The van der Waals surface area contributed by atoms with Crippen LogP contribution in [0.4, 0.5) is 0 Å². The van der Waals surface area contributed by atoms with Gasteiger partial charge in [-0.3, -0.25) is 10.2 Å². The van der Waals surface area contributed by atoms with Crippen LogP contribution >= 0.6 is 21.6 Å². The number of carbonyl (C=O) groups is 1. The zero-order valence-corrected chi connectivity index (χ0v) is 10.9. The summed E-state index contributed by atoms with van der Waals surface area (Å²) in [5.74, 6) is 4.90. The molecule has 0 atom stereocenters. The smallest absolute Gasteiger partial charge is 0.235 e. The average Bonchev–Trinajstić information content (AvgIpc) is 2.27. The van der Waals surface area contributed by atoms with Crippen LogP contribution in [0.15, 0.2) is 29.4 Å². The first-order valence-corrected chi connectivity index (χ1v) is 6.95. The van der Waals surface area contributed by atoms with Crippen molar-refractivity contribution in [2.24, 2.45) is 5.84 Å². The van der Waals surface area contributed by atoms with Crippen molar-refractivity contribution >= 4 is 27.5 Å². The summed E-state index contributed by atoms with van der Waals surface area (Å²) in [7, 11) is 3.18. The molecule has 0 radical (unpaired) electrons. The summed E-state index contributed by atoms with van der Waals surface area (Å²) in [4.78, 5) is 15.4. The zero-order valence-electron chi connectivity index (χ0n) is 9.27. The molecule has 16 heavy (non-hydrogen) atoms. The van der Waals surface area contributed by atoms with Crippen LogP contribution in [0.1, 0.15) is 20.3 Å². The molecule has 0 aromatic carbocycles. The predicted molar refractivity (Wildman–Crippen MR) is 68.7 cm³/mol. The molecule has 1 amide bonds. The molecule has 6 heteroatoms. The minimum atomic E-state index is -0.175. The molecule has 3 N–H and O–H groups in total. The molecule has 0 aliphatic carbocycles. The lowest BCUT2D eigenvalue weighted by atomic mass is 10.1. The summed E-state index contributed by atoms with van der Waals surface area (Å²) in [6, 6.07) is 5.76. The van der Waals surface area contributed by atoms with Gasteiger partial charge in [0.05, 0.1) is 0 Å². The highest BCUT2D eigenvalue weighted by Gasteiger charge is 2.23. The maximum Gasteiger partial charge on any atom is 0.235 e. The molecule has 1 heterocycles.